The van der Waals surface area contributed by atoms with Crippen LogP contribution in [0.15, 0.2) is 0 Å². The Morgan fingerprint density at radius 3 is 1.09 bits per heavy atom. The summed E-state index contributed by atoms with van der Waals surface area (Å²) in [7, 11) is 3.85. The molecule has 0 fully saturated rings. The van der Waals surface area contributed by atoms with E-state index in [4.69, 9.17) is 14.3 Å². The van der Waals surface area contributed by atoms with Crippen molar-refractivity contribution in [2.75, 3.05) is 34.0 Å². The van der Waals surface area contributed by atoms with Gasteiger partial charge >= 0.3 is 0 Å². The van der Waals surface area contributed by atoms with Crippen molar-refractivity contribution < 1.29 is 14.3 Å². The summed E-state index contributed by atoms with van der Waals surface area (Å²) in [6.45, 7) is 8.97. The van der Waals surface area contributed by atoms with Crippen LogP contribution in [0.1, 0.15) is 220 Å². The molecule has 0 rings (SSSR count). The zero-order chi connectivity index (χ0) is 32.9. The molecule has 0 aromatic carbocycles. The summed E-state index contributed by atoms with van der Waals surface area (Å²) >= 11 is 0. The van der Waals surface area contributed by atoms with Crippen LogP contribution in [-0.4, -0.2) is 51.2 Å². The van der Waals surface area contributed by atoms with Gasteiger partial charge in [0.1, 0.15) is 0 Å². The van der Waals surface area contributed by atoms with Gasteiger partial charge in [-0.15, -0.1) is 0 Å². The van der Waals surface area contributed by atoms with E-state index in [1.54, 1.807) is 7.11 Å². The van der Waals surface area contributed by atoms with E-state index in [9.17, 15) is 0 Å². The number of hydroxylamine groups is 2. The first kappa shape index (κ1) is 44.8. The Balaban J connectivity index is 4.08. The van der Waals surface area contributed by atoms with Crippen LogP contribution in [0.5, 0.6) is 0 Å². The van der Waals surface area contributed by atoms with Gasteiger partial charge in [0, 0.05) is 26.8 Å². The van der Waals surface area contributed by atoms with Gasteiger partial charge in [-0.2, -0.15) is 5.06 Å². The van der Waals surface area contributed by atoms with Crippen molar-refractivity contribution >= 4 is 0 Å². The van der Waals surface area contributed by atoms with E-state index in [-0.39, 0.29) is 0 Å². The van der Waals surface area contributed by atoms with Gasteiger partial charge in [-0.3, -0.25) is 4.84 Å². The summed E-state index contributed by atoms with van der Waals surface area (Å²) in [6.07, 6.45) is 43.5. The third kappa shape index (κ3) is 35.0. The number of methoxy groups -OCH3 is 1. The Morgan fingerprint density at radius 1 is 0.422 bits per heavy atom. The van der Waals surface area contributed by atoms with Crippen LogP contribution in [-0.2, 0) is 14.3 Å². The van der Waals surface area contributed by atoms with E-state index >= 15 is 0 Å². The van der Waals surface area contributed by atoms with Crippen LogP contribution in [0.2, 0.25) is 0 Å². The van der Waals surface area contributed by atoms with Gasteiger partial charge in [0.15, 0.2) is 0 Å². The summed E-state index contributed by atoms with van der Waals surface area (Å²) in [5.41, 5.74) is 0. The smallest absolute Gasteiger partial charge is 0.0793 e. The number of hydrogen-bond acceptors (Lipinski definition) is 4. The maximum Gasteiger partial charge on any atom is 0.0793 e. The molecule has 4 heteroatoms. The quantitative estimate of drug-likeness (QED) is 0.0494. The van der Waals surface area contributed by atoms with Crippen LogP contribution < -0.4 is 0 Å². The highest BCUT2D eigenvalue weighted by atomic mass is 16.7. The maximum atomic E-state index is 6.57. The monoisotopic (exact) mass is 640 g/mol. The lowest BCUT2D eigenvalue weighted by atomic mass is 10.0. The van der Waals surface area contributed by atoms with Crippen molar-refractivity contribution in [2.45, 2.75) is 232 Å². The van der Waals surface area contributed by atoms with Gasteiger partial charge in [-0.1, -0.05) is 194 Å². The lowest BCUT2D eigenvalue weighted by molar-refractivity contribution is -0.208. The van der Waals surface area contributed by atoms with E-state index in [0.29, 0.717) is 25.4 Å². The Kier molecular flexibility index (Phi) is 38.2. The van der Waals surface area contributed by atoms with Crippen molar-refractivity contribution in [1.82, 2.24) is 5.06 Å². The molecule has 0 N–H and O–H groups in total. The number of hydrogen-bond donors (Lipinski definition) is 0. The second-order valence-corrected chi connectivity index (χ2v) is 14.3. The molecule has 1 unspecified atom stereocenters. The number of nitrogens with zero attached hydrogens (tertiary/aromatic N) is 1. The molecule has 0 saturated heterocycles. The third-order valence-corrected chi connectivity index (χ3v) is 9.81. The fraction of sp³-hybridized carbons (Fsp3) is 1.00. The predicted octanol–water partition coefficient (Wildman–Crippen LogP) is 13.4. The minimum atomic E-state index is 0.363. The molecule has 4 nitrogen and oxygen atoms in total. The Morgan fingerprint density at radius 2 is 0.756 bits per heavy atom. The molecule has 0 bridgehead atoms. The van der Waals surface area contributed by atoms with Crippen molar-refractivity contribution in [2.24, 2.45) is 0 Å². The first-order valence-electron chi connectivity index (χ1n) is 20.6. The zero-order valence-corrected chi connectivity index (χ0v) is 31.9. The molecular weight excluding hydrogens is 554 g/mol. The van der Waals surface area contributed by atoms with Crippen LogP contribution in [0.3, 0.4) is 0 Å². The highest BCUT2D eigenvalue weighted by molar-refractivity contribution is 4.63. The molecule has 0 heterocycles. The second-order valence-electron chi connectivity index (χ2n) is 14.3. The molecule has 45 heavy (non-hydrogen) atoms. The van der Waals surface area contributed by atoms with Crippen molar-refractivity contribution in [1.29, 1.82) is 0 Å². The summed E-state index contributed by atoms with van der Waals surface area (Å²) in [5.74, 6) is 0. The standard InChI is InChI=1S/C41H85NO3/c1-6-8-10-12-14-16-18-20-22-24-26-28-30-32-34-41(45-42(4)40(3)36-37-44-39-38-43-5)35-33-31-29-27-25-23-21-19-17-15-13-11-9-7-2/h40-41H,6-39H2,1-5H3. The fourth-order valence-corrected chi connectivity index (χ4v) is 6.40. The van der Waals surface area contributed by atoms with Crippen molar-refractivity contribution in [3.8, 4) is 0 Å². The van der Waals surface area contributed by atoms with Gasteiger partial charge in [0.05, 0.1) is 19.3 Å². The molecule has 0 aromatic heterocycles. The molecule has 1 atom stereocenters. The van der Waals surface area contributed by atoms with Gasteiger partial charge in [-0.25, -0.2) is 0 Å². The molecule has 0 aliphatic heterocycles. The molecule has 0 aliphatic rings. The Hall–Kier alpha value is -0.160. The van der Waals surface area contributed by atoms with Gasteiger partial charge in [0.2, 0.25) is 0 Å². The molecule has 0 saturated carbocycles. The molecule has 0 radical (unpaired) electrons. The minimum absolute atomic E-state index is 0.363. The van der Waals surface area contributed by atoms with Gasteiger partial charge in [-0.05, 0) is 26.2 Å². The van der Waals surface area contributed by atoms with Crippen LogP contribution in [0.25, 0.3) is 0 Å². The fourth-order valence-electron chi connectivity index (χ4n) is 6.40. The average molecular weight is 640 g/mol. The largest absolute Gasteiger partial charge is 0.382 e. The normalized spacial score (nSPS) is 12.6. The first-order chi connectivity index (χ1) is 22.2. The average Bonchev–Trinajstić information content (AvgIpc) is 3.04. The van der Waals surface area contributed by atoms with E-state index < -0.39 is 0 Å². The van der Waals surface area contributed by atoms with Crippen LogP contribution >= 0.6 is 0 Å². The highest BCUT2D eigenvalue weighted by Gasteiger charge is 2.16. The number of ether oxygens (including phenoxy) is 2. The molecule has 0 amide bonds. The van der Waals surface area contributed by atoms with E-state index in [1.807, 2.05) is 0 Å². The van der Waals surface area contributed by atoms with Gasteiger partial charge in [0.25, 0.3) is 0 Å². The lowest BCUT2D eigenvalue weighted by Crippen LogP contribution is -2.34. The Bertz CT molecular complexity index is 499. The van der Waals surface area contributed by atoms with E-state index in [2.05, 4.69) is 32.9 Å². The predicted molar refractivity (Wildman–Crippen MR) is 199 cm³/mol. The molecular formula is C41H85NO3. The van der Waals surface area contributed by atoms with Crippen LogP contribution in [0.4, 0.5) is 0 Å². The van der Waals surface area contributed by atoms with Gasteiger partial charge < -0.3 is 9.47 Å². The third-order valence-electron chi connectivity index (χ3n) is 9.81. The first-order valence-corrected chi connectivity index (χ1v) is 20.6. The second kappa shape index (κ2) is 38.3. The van der Waals surface area contributed by atoms with Crippen molar-refractivity contribution in [3.05, 3.63) is 0 Å². The molecule has 0 spiro atoms. The van der Waals surface area contributed by atoms with Crippen LogP contribution in [0, 0.1) is 0 Å². The number of rotatable bonds is 39. The molecule has 0 aliphatic carbocycles. The summed E-state index contributed by atoms with van der Waals surface area (Å²) in [5, 5.41) is 2.12. The summed E-state index contributed by atoms with van der Waals surface area (Å²) in [6, 6.07) is 0.364. The SMILES string of the molecule is CCCCCCCCCCCCCCCCC(CCCCCCCCCCCCCCCC)ON(C)C(C)CCOCCOC. The van der Waals surface area contributed by atoms with E-state index in [1.165, 1.54) is 193 Å². The zero-order valence-electron chi connectivity index (χ0n) is 31.9. The Labute approximate surface area is 284 Å². The summed E-state index contributed by atoms with van der Waals surface area (Å²) < 4.78 is 10.8. The highest BCUT2D eigenvalue weighted by Crippen LogP contribution is 2.20. The lowest BCUT2D eigenvalue weighted by Gasteiger charge is -2.29. The molecule has 272 valence electrons. The summed E-state index contributed by atoms with van der Waals surface area (Å²) in [4.78, 5) is 6.57. The minimum Gasteiger partial charge on any atom is -0.382 e. The van der Waals surface area contributed by atoms with Crippen molar-refractivity contribution in [3.63, 3.8) is 0 Å². The number of unbranched alkanes of at least 4 members (excludes halogenated alkanes) is 26. The molecule has 0 aromatic rings. The topological polar surface area (TPSA) is 30.9 Å². The van der Waals surface area contributed by atoms with E-state index in [0.717, 1.165) is 13.0 Å². The maximum absolute atomic E-state index is 6.57.